The Kier molecular flexibility index (Phi) is 3.92. The quantitative estimate of drug-likeness (QED) is 0.457. The van der Waals surface area contributed by atoms with Gasteiger partial charge in [-0.3, -0.25) is 0 Å². The molecule has 0 amide bonds. The summed E-state index contributed by atoms with van der Waals surface area (Å²) in [7, 11) is 4.20. The van der Waals surface area contributed by atoms with Crippen molar-refractivity contribution in [1.82, 2.24) is 19.4 Å². The average molecular weight is 430 g/mol. The number of hydrogen-bond acceptors (Lipinski definition) is 3. The van der Waals surface area contributed by atoms with Crippen LogP contribution in [0.25, 0.3) is 33.1 Å². The second-order valence-electron chi connectivity index (χ2n) is 6.50. The van der Waals surface area contributed by atoms with Crippen molar-refractivity contribution in [2.45, 2.75) is 13.5 Å². The maximum absolute atomic E-state index is 4.96. The van der Waals surface area contributed by atoms with Gasteiger partial charge >= 0.3 is 0 Å². The molecule has 0 N–H and O–H groups in total. The maximum atomic E-state index is 4.96. The van der Waals surface area contributed by atoms with Gasteiger partial charge in [-0.05, 0) is 79.5 Å². The third-order valence-corrected chi connectivity index (χ3v) is 5.00. The summed E-state index contributed by atoms with van der Waals surface area (Å²) in [6, 6.07) is 12.8. The highest BCUT2D eigenvalue weighted by molar-refractivity contribution is 14.1. The van der Waals surface area contributed by atoms with E-state index < -0.39 is 0 Å². The van der Waals surface area contributed by atoms with E-state index in [2.05, 4.69) is 89.5 Å². The summed E-state index contributed by atoms with van der Waals surface area (Å²) in [5, 5.41) is 1.19. The van der Waals surface area contributed by atoms with E-state index in [0.29, 0.717) is 0 Å². The zero-order valence-electron chi connectivity index (χ0n) is 14.0. The van der Waals surface area contributed by atoms with Crippen molar-refractivity contribution in [1.29, 1.82) is 0 Å². The van der Waals surface area contributed by atoms with Gasteiger partial charge in [0.05, 0.1) is 16.6 Å². The molecular formula is C19H19IN4. The zero-order valence-corrected chi connectivity index (χ0v) is 16.2. The lowest BCUT2D eigenvalue weighted by Crippen LogP contribution is -2.18. The molecular weight excluding hydrogens is 411 g/mol. The summed E-state index contributed by atoms with van der Waals surface area (Å²) in [6.07, 6.45) is 0. The highest BCUT2D eigenvalue weighted by Gasteiger charge is 2.15. The Hall–Kier alpha value is -1.73. The van der Waals surface area contributed by atoms with Gasteiger partial charge in [-0.2, -0.15) is 0 Å². The van der Waals surface area contributed by atoms with Gasteiger partial charge in [-0.1, -0.05) is 6.07 Å². The molecule has 0 aliphatic heterocycles. The number of likely N-dealkylation sites (N-methyl/N-ethyl adjacent to an activating group) is 1. The molecule has 2 aromatic heterocycles. The van der Waals surface area contributed by atoms with E-state index in [1.807, 2.05) is 0 Å². The van der Waals surface area contributed by atoms with Crippen molar-refractivity contribution in [2.75, 3.05) is 20.6 Å². The first-order valence-electron chi connectivity index (χ1n) is 8.03. The number of hydrogen-bond donors (Lipinski definition) is 0. The summed E-state index contributed by atoms with van der Waals surface area (Å²) in [5.74, 6) is 0. The van der Waals surface area contributed by atoms with Crippen LogP contribution in [0.2, 0.25) is 0 Å². The van der Waals surface area contributed by atoms with Gasteiger partial charge < -0.3 is 9.47 Å². The monoisotopic (exact) mass is 430 g/mol. The predicted octanol–water partition coefficient (Wildman–Crippen LogP) is 4.21. The summed E-state index contributed by atoms with van der Waals surface area (Å²) < 4.78 is 3.52. The molecule has 4 nitrogen and oxygen atoms in total. The van der Waals surface area contributed by atoms with Gasteiger partial charge in [0.15, 0.2) is 5.65 Å². The van der Waals surface area contributed by atoms with Gasteiger partial charge in [0.25, 0.3) is 0 Å². The molecule has 0 saturated heterocycles. The van der Waals surface area contributed by atoms with Crippen LogP contribution in [-0.4, -0.2) is 40.1 Å². The van der Waals surface area contributed by atoms with Crippen LogP contribution in [-0.2, 0) is 6.54 Å². The maximum Gasteiger partial charge on any atom is 0.160 e. The SMILES string of the molecule is Cc1ccc2nc3c(nc2c1)c1cc(I)ccc1n3CCN(C)C. The molecule has 5 heteroatoms. The summed E-state index contributed by atoms with van der Waals surface area (Å²) in [5.41, 5.74) is 6.32. The number of nitrogens with zero attached hydrogens (tertiary/aromatic N) is 4. The summed E-state index contributed by atoms with van der Waals surface area (Å²) >= 11 is 2.36. The van der Waals surface area contributed by atoms with E-state index in [1.54, 1.807) is 0 Å². The third kappa shape index (κ3) is 2.65. The van der Waals surface area contributed by atoms with Gasteiger partial charge in [-0.15, -0.1) is 0 Å². The fraction of sp³-hybridized carbons (Fsp3) is 0.263. The number of aromatic nitrogens is 3. The molecule has 0 spiro atoms. The lowest BCUT2D eigenvalue weighted by Gasteiger charge is -2.12. The molecule has 0 bridgehead atoms. The van der Waals surface area contributed by atoms with Crippen LogP contribution in [0.1, 0.15) is 5.56 Å². The summed E-state index contributed by atoms with van der Waals surface area (Å²) in [6.45, 7) is 3.97. The van der Waals surface area contributed by atoms with Crippen LogP contribution in [0.3, 0.4) is 0 Å². The minimum Gasteiger partial charge on any atom is -0.323 e. The Morgan fingerprint density at radius 3 is 2.67 bits per heavy atom. The second-order valence-corrected chi connectivity index (χ2v) is 7.75. The van der Waals surface area contributed by atoms with Crippen molar-refractivity contribution < 1.29 is 0 Å². The Labute approximate surface area is 154 Å². The van der Waals surface area contributed by atoms with Crippen LogP contribution in [0, 0.1) is 10.5 Å². The zero-order chi connectivity index (χ0) is 16.8. The van der Waals surface area contributed by atoms with E-state index in [9.17, 15) is 0 Å². The fourth-order valence-corrected chi connectivity index (χ4v) is 3.59. The predicted molar refractivity (Wildman–Crippen MR) is 109 cm³/mol. The molecule has 0 aliphatic carbocycles. The number of rotatable bonds is 3. The lowest BCUT2D eigenvalue weighted by molar-refractivity contribution is 0.389. The standard InChI is InChI=1S/C19H19IN4/c1-12-4-6-15-16(10-12)21-18-14-11-13(20)5-7-17(14)24(19(18)22-15)9-8-23(2)3/h4-7,10-11H,8-9H2,1-3H3. The topological polar surface area (TPSA) is 34.0 Å². The smallest absolute Gasteiger partial charge is 0.160 e. The van der Waals surface area contributed by atoms with Crippen LogP contribution in [0.15, 0.2) is 36.4 Å². The summed E-state index contributed by atoms with van der Waals surface area (Å²) in [4.78, 5) is 12.1. The Balaban J connectivity index is 2.07. The van der Waals surface area contributed by atoms with E-state index in [4.69, 9.17) is 9.97 Å². The van der Waals surface area contributed by atoms with Gasteiger partial charge in [0, 0.05) is 22.0 Å². The van der Waals surface area contributed by atoms with Gasteiger partial charge in [-0.25, -0.2) is 9.97 Å². The van der Waals surface area contributed by atoms with E-state index in [0.717, 1.165) is 35.3 Å². The van der Waals surface area contributed by atoms with Crippen LogP contribution in [0.4, 0.5) is 0 Å². The molecule has 0 radical (unpaired) electrons. The minimum absolute atomic E-state index is 0.902. The molecule has 0 fully saturated rings. The molecule has 2 heterocycles. The molecule has 4 aromatic rings. The molecule has 0 saturated carbocycles. The number of fused-ring (bicyclic) bond motifs is 4. The van der Waals surface area contributed by atoms with Crippen LogP contribution in [0.5, 0.6) is 0 Å². The van der Waals surface area contributed by atoms with Crippen molar-refractivity contribution in [3.8, 4) is 0 Å². The number of halogens is 1. The molecule has 0 atom stereocenters. The Bertz CT molecular complexity index is 1070. The van der Waals surface area contributed by atoms with Gasteiger partial charge in [0.1, 0.15) is 5.52 Å². The van der Waals surface area contributed by atoms with Crippen molar-refractivity contribution in [2.24, 2.45) is 0 Å². The average Bonchev–Trinajstić information content (AvgIpc) is 2.83. The van der Waals surface area contributed by atoms with E-state index >= 15 is 0 Å². The largest absolute Gasteiger partial charge is 0.323 e. The molecule has 4 rings (SSSR count). The van der Waals surface area contributed by atoms with Crippen molar-refractivity contribution in [3.63, 3.8) is 0 Å². The first kappa shape index (κ1) is 15.8. The number of benzene rings is 2. The molecule has 122 valence electrons. The number of aryl methyl sites for hydroxylation is 1. The Morgan fingerprint density at radius 1 is 1.04 bits per heavy atom. The first-order valence-corrected chi connectivity index (χ1v) is 9.11. The van der Waals surface area contributed by atoms with E-state index in [1.165, 1.54) is 20.0 Å². The van der Waals surface area contributed by atoms with Crippen LogP contribution >= 0.6 is 22.6 Å². The van der Waals surface area contributed by atoms with Crippen molar-refractivity contribution >= 4 is 55.7 Å². The minimum atomic E-state index is 0.902. The first-order chi connectivity index (χ1) is 11.5. The normalized spacial score (nSPS) is 12.0. The molecule has 0 unspecified atom stereocenters. The van der Waals surface area contributed by atoms with Crippen LogP contribution < -0.4 is 0 Å². The third-order valence-electron chi connectivity index (χ3n) is 4.33. The molecule has 0 aliphatic rings. The lowest BCUT2D eigenvalue weighted by atomic mass is 10.2. The second kappa shape index (κ2) is 5.97. The molecule has 2 aromatic carbocycles. The highest BCUT2D eigenvalue weighted by atomic mass is 127. The van der Waals surface area contributed by atoms with Gasteiger partial charge in [0.2, 0.25) is 0 Å². The van der Waals surface area contributed by atoms with E-state index in [-0.39, 0.29) is 0 Å². The fourth-order valence-electron chi connectivity index (χ4n) is 3.10. The molecule has 24 heavy (non-hydrogen) atoms. The highest BCUT2D eigenvalue weighted by Crippen LogP contribution is 2.29. The Morgan fingerprint density at radius 2 is 1.88 bits per heavy atom. The van der Waals surface area contributed by atoms with Crippen molar-refractivity contribution in [3.05, 3.63) is 45.5 Å².